The Bertz CT molecular complexity index is 767. The molecule has 2 N–H and O–H groups in total. The molecule has 0 saturated carbocycles. The Morgan fingerprint density at radius 3 is 2.60 bits per heavy atom. The second kappa shape index (κ2) is 9.09. The summed E-state index contributed by atoms with van der Waals surface area (Å²) in [7, 11) is 0. The Hall–Kier alpha value is -1.75. The Kier molecular flexibility index (Phi) is 7.12. The summed E-state index contributed by atoms with van der Waals surface area (Å²) < 4.78 is 41.3. The van der Waals surface area contributed by atoms with Crippen molar-refractivity contribution in [3.05, 3.63) is 63.2 Å². The van der Waals surface area contributed by atoms with E-state index in [1.165, 1.54) is 30.1 Å². The number of nitrogens with two attached hydrogens (primary N) is 1. The van der Waals surface area contributed by atoms with Crippen molar-refractivity contribution in [3.8, 4) is 5.75 Å². The van der Waals surface area contributed by atoms with Gasteiger partial charge >= 0.3 is 6.36 Å². The summed E-state index contributed by atoms with van der Waals surface area (Å²) in [6.45, 7) is 0. The molecule has 0 unspecified atom stereocenters. The van der Waals surface area contributed by atoms with E-state index in [9.17, 15) is 13.2 Å². The number of ether oxygens (including phenoxy) is 1. The molecule has 0 aliphatic heterocycles. The summed E-state index contributed by atoms with van der Waals surface area (Å²) in [6.07, 6.45) is -3.43. The molecular formula is C16H13F3IN3OS. The van der Waals surface area contributed by atoms with Crippen LogP contribution >= 0.6 is 34.4 Å². The predicted octanol–water partition coefficient (Wildman–Crippen LogP) is 4.77. The van der Waals surface area contributed by atoms with Gasteiger partial charge in [-0.25, -0.2) is 0 Å². The van der Waals surface area contributed by atoms with Gasteiger partial charge in [0.25, 0.3) is 0 Å². The first kappa shape index (κ1) is 19.6. The molecule has 2 aromatic carbocycles. The third kappa shape index (κ3) is 7.34. The van der Waals surface area contributed by atoms with E-state index in [1.807, 2.05) is 30.3 Å². The molecule has 0 fully saturated rings. The number of amidine groups is 1. The number of hydrogen-bond donors (Lipinski definition) is 1. The minimum absolute atomic E-state index is 0.261. The molecule has 0 heterocycles. The van der Waals surface area contributed by atoms with Gasteiger partial charge in [0.1, 0.15) is 5.75 Å². The SMILES string of the molecule is NC(=NN=Cc1ccc(I)c(OC(F)(F)F)c1)SCc1ccccc1. The van der Waals surface area contributed by atoms with Gasteiger partial charge < -0.3 is 10.5 Å². The van der Waals surface area contributed by atoms with Crippen molar-refractivity contribution < 1.29 is 17.9 Å². The molecule has 4 nitrogen and oxygen atoms in total. The second-order valence-corrected chi connectivity index (χ2v) is 6.85. The molecule has 25 heavy (non-hydrogen) atoms. The first-order valence-electron chi connectivity index (χ1n) is 6.92. The Balaban J connectivity index is 1.97. The van der Waals surface area contributed by atoms with Gasteiger partial charge in [-0.3, -0.25) is 0 Å². The molecule has 0 spiro atoms. The van der Waals surface area contributed by atoms with Crippen LogP contribution in [0.1, 0.15) is 11.1 Å². The third-order valence-electron chi connectivity index (χ3n) is 2.77. The zero-order chi connectivity index (χ0) is 18.3. The average molecular weight is 479 g/mol. The molecule has 2 rings (SSSR count). The second-order valence-electron chi connectivity index (χ2n) is 4.69. The highest BCUT2D eigenvalue weighted by Crippen LogP contribution is 2.28. The van der Waals surface area contributed by atoms with Gasteiger partial charge in [-0.2, -0.15) is 5.10 Å². The molecule has 132 valence electrons. The van der Waals surface area contributed by atoms with Crippen LogP contribution in [0, 0.1) is 3.57 Å². The number of benzene rings is 2. The van der Waals surface area contributed by atoms with Crippen LogP contribution < -0.4 is 10.5 Å². The summed E-state index contributed by atoms with van der Waals surface area (Å²) in [4.78, 5) is 0. The smallest absolute Gasteiger partial charge is 0.405 e. The summed E-state index contributed by atoms with van der Waals surface area (Å²) in [5.74, 6) is 0.367. The number of hydrogen-bond acceptors (Lipinski definition) is 4. The van der Waals surface area contributed by atoms with E-state index < -0.39 is 6.36 Å². The van der Waals surface area contributed by atoms with Gasteiger partial charge in [-0.05, 0) is 45.9 Å². The van der Waals surface area contributed by atoms with Crippen molar-refractivity contribution in [2.75, 3.05) is 0 Å². The molecule has 0 aliphatic rings. The van der Waals surface area contributed by atoms with Crippen LogP contribution in [0.5, 0.6) is 5.75 Å². The molecular weight excluding hydrogens is 466 g/mol. The lowest BCUT2D eigenvalue weighted by molar-refractivity contribution is -0.274. The van der Waals surface area contributed by atoms with Gasteiger partial charge in [0.05, 0.1) is 9.78 Å². The summed E-state index contributed by atoms with van der Waals surface area (Å²) in [6, 6.07) is 14.1. The fraction of sp³-hybridized carbons (Fsp3) is 0.125. The Labute approximate surface area is 160 Å². The quantitative estimate of drug-likeness (QED) is 0.291. The minimum atomic E-state index is -4.74. The normalized spacial score (nSPS) is 12.6. The Morgan fingerprint density at radius 1 is 1.20 bits per heavy atom. The number of nitrogens with zero attached hydrogens (tertiary/aromatic N) is 2. The maximum Gasteiger partial charge on any atom is 0.573 e. The van der Waals surface area contributed by atoms with Crippen LogP contribution in [0.2, 0.25) is 0 Å². The van der Waals surface area contributed by atoms with Crippen LogP contribution in [0.4, 0.5) is 13.2 Å². The van der Waals surface area contributed by atoms with Crippen LogP contribution in [0.25, 0.3) is 0 Å². The number of rotatable bonds is 5. The van der Waals surface area contributed by atoms with E-state index in [4.69, 9.17) is 5.73 Å². The lowest BCUT2D eigenvalue weighted by Crippen LogP contribution is -2.17. The topological polar surface area (TPSA) is 60.0 Å². The molecule has 0 radical (unpaired) electrons. The maximum absolute atomic E-state index is 12.3. The first-order chi connectivity index (χ1) is 11.8. The van der Waals surface area contributed by atoms with Crippen LogP contribution in [0.15, 0.2) is 58.7 Å². The minimum Gasteiger partial charge on any atom is -0.405 e. The highest BCUT2D eigenvalue weighted by Gasteiger charge is 2.31. The predicted molar refractivity (Wildman–Crippen MR) is 103 cm³/mol. The summed E-state index contributed by atoms with van der Waals surface area (Å²) in [5.41, 5.74) is 7.27. The fourth-order valence-electron chi connectivity index (χ4n) is 1.72. The summed E-state index contributed by atoms with van der Waals surface area (Å²) >= 11 is 3.08. The molecule has 0 atom stereocenters. The largest absolute Gasteiger partial charge is 0.573 e. The molecule has 0 saturated heterocycles. The molecule has 9 heteroatoms. The number of alkyl halides is 3. The van der Waals surface area contributed by atoms with E-state index in [1.54, 1.807) is 28.7 Å². The van der Waals surface area contributed by atoms with Gasteiger partial charge in [0.15, 0.2) is 5.17 Å². The van der Waals surface area contributed by atoms with Crippen LogP contribution in [0.3, 0.4) is 0 Å². The molecule has 2 aromatic rings. The third-order valence-corrected chi connectivity index (χ3v) is 4.52. The standard InChI is InChI=1S/C16H13F3IN3OS/c17-16(18,19)24-14-8-12(6-7-13(14)20)9-22-23-15(21)25-10-11-4-2-1-3-5-11/h1-9H,10H2,(H2,21,23). The van der Waals surface area contributed by atoms with E-state index in [0.29, 0.717) is 14.9 Å². The zero-order valence-corrected chi connectivity index (χ0v) is 15.7. The van der Waals surface area contributed by atoms with Gasteiger partial charge in [-0.15, -0.1) is 18.3 Å². The van der Waals surface area contributed by atoms with Crippen molar-refractivity contribution >= 4 is 45.7 Å². The van der Waals surface area contributed by atoms with Crippen molar-refractivity contribution in [3.63, 3.8) is 0 Å². The summed E-state index contributed by atoms with van der Waals surface area (Å²) in [5, 5.41) is 7.88. The van der Waals surface area contributed by atoms with E-state index in [2.05, 4.69) is 14.9 Å². The van der Waals surface area contributed by atoms with Gasteiger partial charge in [0, 0.05) is 5.75 Å². The highest BCUT2D eigenvalue weighted by atomic mass is 127. The molecule has 0 aliphatic carbocycles. The van der Waals surface area contributed by atoms with E-state index in [0.717, 1.165) is 5.56 Å². The highest BCUT2D eigenvalue weighted by molar-refractivity contribution is 14.1. The lowest BCUT2D eigenvalue weighted by atomic mass is 10.2. The maximum atomic E-state index is 12.3. The number of thioether (sulfide) groups is 1. The van der Waals surface area contributed by atoms with E-state index in [-0.39, 0.29) is 10.9 Å². The van der Waals surface area contributed by atoms with E-state index >= 15 is 0 Å². The zero-order valence-electron chi connectivity index (χ0n) is 12.7. The average Bonchev–Trinajstić information content (AvgIpc) is 2.55. The monoisotopic (exact) mass is 479 g/mol. The van der Waals surface area contributed by atoms with Crippen LogP contribution in [-0.2, 0) is 5.75 Å². The lowest BCUT2D eigenvalue weighted by Gasteiger charge is -2.10. The van der Waals surface area contributed by atoms with Crippen molar-refractivity contribution in [1.82, 2.24) is 0 Å². The van der Waals surface area contributed by atoms with Crippen molar-refractivity contribution in [2.45, 2.75) is 12.1 Å². The number of halogens is 4. The van der Waals surface area contributed by atoms with Crippen molar-refractivity contribution in [1.29, 1.82) is 0 Å². The van der Waals surface area contributed by atoms with Crippen LogP contribution in [-0.4, -0.2) is 17.7 Å². The van der Waals surface area contributed by atoms with Gasteiger partial charge in [-0.1, -0.05) is 48.2 Å². The fourth-order valence-corrected chi connectivity index (χ4v) is 2.77. The first-order valence-corrected chi connectivity index (χ1v) is 8.98. The van der Waals surface area contributed by atoms with Crippen molar-refractivity contribution in [2.24, 2.45) is 15.9 Å². The molecule has 0 aromatic heterocycles. The molecule has 0 amide bonds. The Morgan fingerprint density at radius 2 is 1.92 bits per heavy atom. The van der Waals surface area contributed by atoms with Gasteiger partial charge in [0.2, 0.25) is 0 Å². The molecule has 0 bridgehead atoms.